The van der Waals surface area contributed by atoms with E-state index in [2.05, 4.69) is 70.2 Å². The number of aliphatic hydroxyl groups excluding tert-OH is 1. The van der Waals surface area contributed by atoms with Gasteiger partial charge >= 0.3 is 0 Å². The van der Waals surface area contributed by atoms with Crippen LogP contribution in [0.3, 0.4) is 0 Å². The summed E-state index contributed by atoms with van der Waals surface area (Å²) in [6.45, 7) is 9.13. The number of aliphatic hydroxyl groups is 1. The highest BCUT2D eigenvalue weighted by molar-refractivity contribution is 5.74. The molecule has 0 aromatic heterocycles. The van der Waals surface area contributed by atoms with Gasteiger partial charge in [0, 0.05) is 0 Å². The van der Waals surface area contributed by atoms with E-state index in [0.717, 1.165) is 11.1 Å². The van der Waals surface area contributed by atoms with Gasteiger partial charge in [0.25, 0.3) is 0 Å². The van der Waals surface area contributed by atoms with Gasteiger partial charge in [0.15, 0.2) is 0 Å². The van der Waals surface area contributed by atoms with Crippen molar-refractivity contribution >= 4 is 5.57 Å². The fourth-order valence-electron chi connectivity index (χ4n) is 3.60. The van der Waals surface area contributed by atoms with Crippen molar-refractivity contribution in [2.45, 2.75) is 47.0 Å². The maximum absolute atomic E-state index is 9.27. The zero-order valence-electron chi connectivity index (χ0n) is 16.6. The van der Waals surface area contributed by atoms with E-state index in [1.54, 1.807) is 0 Å². The molecule has 0 unspecified atom stereocenters. The predicted octanol–water partition coefficient (Wildman–Crippen LogP) is 6.65. The minimum atomic E-state index is 0.0414. The summed E-state index contributed by atoms with van der Waals surface area (Å²) in [7, 11) is 0. The number of hydrogen-bond acceptors (Lipinski definition) is 1. The van der Waals surface area contributed by atoms with Gasteiger partial charge in [-0.3, -0.25) is 0 Å². The summed E-state index contributed by atoms with van der Waals surface area (Å²) in [5.74, 6) is 0. The Labute approximate surface area is 159 Å². The standard InChI is InChI=1S/C25H32O/c1-20(15-16-24-21(2)11-9-18-25(24,3)4)10-8-14-23(17-19-26)22-12-6-5-7-13-22/h5-8,10,12-17,26H,9,11,18-19H2,1-4H3/b14-8-,16-15+,20-10+,23-17-. The molecule has 0 heterocycles. The second-order valence-electron chi connectivity index (χ2n) is 7.74. The third kappa shape index (κ3) is 5.71. The van der Waals surface area contributed by atoms with E-state index in [-0.39, 0.29) is 12.0 Å². The Hall–Kier alpha value is -2.12. The first-order valence-electron chi connectivity index (χ1n) is 9.54. The van der Waals surface area contributed by atoms with Crippen molar-refractivity contribution in [2.24, 2.45) is 5.41 Å². The number of rotatable bonds is 6. The van der Waals surface area contributed by atoms with Crippen LogP contribution < -0.4 is 0 Å². The van der Waals surface area contributed by atoms with Crippen molar-refractivity contribution in [1.29, 1.82) is 0 Å². The number of benzene rings is 1. The van der Waals surface area contributed by atoms with E-state index in [4.69, 9.17) is 0 Å². The maximum atomic E-state index is 9.27. The molecule has 0 saturated heterocycles. The molecular weight excluding hydrogens is 316 g/mol. The molecule has 2 rings (SSSR count). The first-order valence-corrected chi connectivity index (χ1v) is 9.54. The van der Waals surface area contributed by atoms with Crippen LogP contribution in [-0.2, 0) is 0 Å². The third-order valence-electron chi connectivity index (χ3n) is 5.11. The van der Waals surface area contributed by atoms with Crippen LogP contribution in [0.15, 0.2) is 83.5 Å². The molecule has 1 aromatic rings. The summed E-state index contributed by atoms with van der Waals surface area (Å²) in [5.41, 5.74) is 6.67. The lowest BCUT2D eigenvalue weighted by Crippen LogP contribution is -2.19. The Bertz CT molecular complexity index is 740. The lowest BCUT2D eigenvalue weighted by atomic mass is 9.72. The van der Waals surface area contributed by atoms with E-state index in [9.17, 15) is 5.11 Å². The largest absolute Gasteiger partial charge is 0.392 e. The molecular formula is C25H32O. The summed E-state index contributed by atoms with van der Waals surface area (Å²) < 4.78 is 0. The first kappa shape index (κ1) is 20.2. The van der Waals surface area contributed by atoms with Gasteiger partial charge in [-0.05, 0) is 55.2 Å². The van der Waals surface area contributed by atoms with Crippen LogP contribution in [0.25, 0.3) is 5.57 Å². The Kier molecular flexibility index (Phi) is 7.41. The molecule has 1 heteroatoms. The monoisotopic (exact) mass is 348 g/mol. The van der Waals surface area contributed by atoms with Crippen LogP contribution in [0.1, 0.15) is 52.5 Å². The minimum absolute atomic E-state index is 0.0414. The molecule has 1 N–H and O–H groups in total. The molecule has 1 aliphatic rings. The summed E-state index contributed by atoms with van der Waals surface area (Å²) in [4.78, 5) is 0. The van der Waals surface area contributed by atoms with Gasteiger partial charge < -0.3 is 5.11 Å². The highest BCUT2D eigenvalue weighted by Gasteiger charge is 2.26. The van der Waals surface area contributed by atoms with Gasteiger partial charge in [-0.2, -0.15) is 0 Å². The fraction of sp³-hybridized carbons (Fsp3) is 0.360. The van der Waals surface area contributed by atoms with E-state index in [0.29, 0.717) is 0 Å². The average Bonchev–Trinajstić information content (AvgIpc) is 2.61. The molecule has 1 aromatic carbocycles. The minimum Gasteiger partial charge on any atom is -0.392 e. The molecule has 0 atom stereocenters. The van der Waals surface area contributed by atoms with E-state index < -0.39 is 0 Å². The van der Waals surface area contributed by atoms with Crippen molar-refractivity contribution in [2.75, 3.05) is 6.61 Å². The maximum Gasteiger partial charge on any atom is 0.0621 e. The average molecular weight is 349 g/mol. The normalized spacial score (nSPS) is 19.0. The topological polar surface area (TPSA) is 20.2 Å². The Morgan fingerprint density at radius 2 is 1.88 bits per heavy atom. The highest BCUT2D eigenvalue weighted by atomic mass is 16.2. The van der Waals surface area contributed by atoms with Crippen LogP contribution in [0.4, 0.5) is 0 Å². The van der Waals surface area contributed by atoms with Crippen LogP contribution in [0.2, 0.25) is 0 Å². The molecule has 26 heavy (non-hydrogen) atoms. The summed E-state index contributed by atoms with van der Waals surface area (Å²) in [6, 6.07) is 10.1. The molecule has 0 saturated carbocycles. The summed E-state index contributed by atoms with van der Waals surface area (Å²) in [6.07, 6.45) is 16.4. The lowest BCUT2D eigenvalue weighted by Gasteiger charge is -2.32. The molecule has 138 valence electrons. The second kappa shape index (κ2) is 9.54. The second-order valence-corrected chi connectivity index (χ2v) is 7.74. The van der Waals surface area contributed by atoms with Crippen LogP contribution >= 0.6 is 0 Å². The molecule has 0 amide bonds. The SMILES string of the molecule is CC1=C(/C=C/C(C)=C/C=C\C(=C\CO)c2ccccc2)C(C)(C)CCC1. The van der Waals surface area contributed by atoms with Crippen molar-refractivity contribution in [3.63, 3.8) is 0 Å². The van der Waals surface area contributed by atoms with Crippen molar-refractivity contribution in [3.8, 4) is 0 Å². The lowest BCUT2D eigenvalue weighted by molar-refractivity contribution is 0.343. The molecule has 0 aliphatic heterocycles. The molecule has 0 radical (unpaired) electrons. The predicted molar refractivity (Wildman–Crippen MR) is 114 cm³/mol. The zero-order chi connectivity index (χ0) is 19.0. The number of allylic oxidation sites excluding steroid dienone is 9. The van der Waals surface area contributed by atoms with Gasteiger partial charge in [-0.1, -0.05) is 91.8 Å². The first-order chi connectivity index (χ1) is 12.4. The molecule has 1 nitrogen and oxygen atoms in total. The molecule has 0 spiro atoms. The van der Waals surface area contributed by atoms with E-state index in [1.807, 2.05) is 24.3 Å². The van der Waals surface area contributed by atoms with Gasteiger partial charge in [-0.15, -0.1) is 0 Å². The van der Waals surface area contributed by atoms with Gasteiger partial charge in [-0.25, -0.2) is 0 Å². The zero-order valence-corrected chi connectivity index (χ0v) is 16.6. The third-order valence-corrected chi connectivity index (χ3v) is 5.11. The van der Waals surface area contributed by atoms with Crippen molar-refractivity contribution in [1.82, 2.24) is 0 Å². The van der Waals surface area contributed by atoms with Crippen LogP contribution in [-0.4, -0.2) is 11.7 Å². The quantitative estimate of drug-likeness (QED) is 0.571. The Morgan fingerprint density at radius 3 is 2.54 bits per heavy atom. The van der Waals surface area contributed by atoms with Gasteiger partial charge in [0.05, 0.1) is 6.61 Å². The Balaban J connectivity index is 2.12. The molecule has 0 fully saturated rings. The van der Waals surface area contributed by atoms with Gasteiger partial charge in [0.1, 0.15) is 0 Å². The molecule has 1 aliphatic carbocycles. The van der Waals surface area contributed by atoms with E-state index in [1.165, 1.54) is 36.0 Å². The van der Waals surface area contributed by atoms with Gasteiger partial charge in [0.2, 0.25) is 0 Å². The smallest absolute Gasteiger partial charge is 0.0621 e. The van der Waals surface area contributed by atoms with Crippen molar-refractivity contribution in [3.05, 3.63) is 89.1 Å². The molecule has 0 bridgehead atoms. The van der Waals surface area contributed by atoms with Crippen LogP contribution in [0.5, 0.6) is 0 Å². The number of hydrogen-bond donors (Lipinski definition) is 1. The summed E-state index contributed by atoms with van der Waals surface area (Å²) >= 11 is 0. The summed E-state index contributed by atoms with van der Waals surface area (Å²) in [5, 5.41) is 9.27. The Morgan fingerprint density at radius 1 is 1.15 bits per heavy atom. The van der Waals surface area contributed by atoms with E-state index >= 15 is 0 Å². The fourth-order valence-corrected chi connectivity index (χ4v) is 3.60. The van der Waals surface area contributed by atoms with Crippen molar-refractivity contribution < 1.29 is 5.11 Å². The highest BCUT2D eigenvalue weighted by Crippen LogP contribution is 2.40. The van der Waals surface area contributed by atoms with Crippen LogP contribution in [0, 0.1) is 5.41 Å².